The molecule has 1 aromatic rings. The summed E-state index contributed by atoms with van der Waals surface area (Å²) in [6, 6.07) is 1.39. The Bertz CT molecular complexity index is 330. The molecular formula is C7H5Cl2NO3. The summed E-state index contributed by atoms with van der Waals surface area (Å²) >= 11 is 11.2. The molecule has 70 valence electrons. The first kappa shape index (κ1) is 10.1. The van der Waals surface area contributed by atoms with Gasteiger partial charge in [0.1, 0.15) is 0 Å². The topological polar surface area (TPSA) is 48.4 Å². The van der Waals surface area contributed by atoms with Gasteiger partial charge in [-0.1, -0.05) is 23.2 Å². The lowest BCUT2D eigenvalue weighted by Crippen LogP contribution is -2.03. The molecule has 4 nitrogen and oxygen atoms in total. The first-order chi connectivity index (χ1) is 6.09. The van der Waals surface area contributed by atoms with Crippen LogP contribution in [0.1, 0.15) is 6.92 Å². The van der Waals surface area contributed by atoms with Gasteiger partial charge in [0.25, 0.3) is 0 Å². The van der Waals surface area contributed by atoms with E-state index in [1.165, 1.54) is 19.2 Å². The second-order valence-electron chi connectivity index (χ2n) is 2.10. The van der Waals surface area contributed by atoms with Crippen LogP contribution in [0.15, 0.2) is 12.3 Å². The quantitative estimate of drug-likeness (QED) is 0.437. The average Bonchev–Trinajstić information content (AvgIpc) is 2.06. The molecule has 0 aliphatic carbocycles. The smallest absolute Gasteiger partial charge is 0.284 e. The van der Waals surface area contributed by atoms with Gasteiger partial charge in [-0.2, -0.15) is 0 Å². The molecule has 0 aliphatic rings. The van der Waals surface area contributed by atoms with Gasteiger partial charge in [-0.15, -0.1) is 0 Å². The van der Waals surface area contributed by atoms with Crippen molar-refractivity contribution < 1.29 is 14.6 Å². The normalized spacial score (nSPS) is 9.46. The van der Waals surface area contributed by atoms with Crippen molar-refractivity contribution in [1.29, 1.82) is 0 Å². The standard InChI is InChI=1S/C7H5Cl2NO3/c1-4(11)12-13-6-2-5(8)3-10-7(6)9/h2-3H,1H3. The zero-order chi connectivity index (χ0) is 9.84. The fourth-order valence-corrected chi connectivity index (χ4v) is 0.849. The van der Waals surface area contributed by atoms with Crippen molar-refractivity contribution in [3.63, 3.8) is 0 Å². The fourth-order valence-electron chi connectivity index (χ4n) is 0.566. The third-order valence-corrected chi connectivity index (χ3v) is 1.51. The lowest BCUT2D eigenvalue weighted by Gasteiger charge is -2.03. The van der Waals surface area contributed by atoms with Gasteiger partial charge in [0.05, 0.1) is 5.02 Å². The molecule has 13 heavy (non-hydrogen) atoms. The van der Waals surface area contributed by atoms with Gasteiger partial charge in [0.15, 0.2) is 5.15 Å². The second kappa shape index (κ2) is 4.30. The number of aromatic nitrogens is 1. The summed E-state index contributed by atoms with van der Waals surface area (Å²) in [6.45, 7) is 1.20. The van der Waals surface area contributed by atoms with Crippen LogP contribution in [-0.4, -0.2) is 11.0 Å². The Morgan fingerprint density at radius 2 is 2.23 bits per heavy atom. The molecule has 0 spiro atoms. The molecule has 0 aliphatic heterocycles. The molecule has 1 rings (SSSR count). The molecular weight excluding hydrogens is 217 g/mol. The van der Waals surface area contributed by atoms with E-state index in [0.29, 0.717) is 5.02 Å². The Hall–Kier alpha value is -1.00. The number of pyridine rings is 1. The molecule has 0 saturated heterocycles. The van der Waals surface area contributed by atoms with Crippen LogP contribution in [0.3, 0.4) is 0 Å². The van der Waals surface area contributed by atoms with E-state index >= 15 is 0 Å². The number of hydrogen-bond acceptors (Lipinski definition) is 4. The minimum Gasteiger partial charge on any atom is -0.284 e. The molecule has 0 radical (unpaired) electrons. The monoisotopic (exact) mass is 221 g/mol. The lowest BCUT2D eigenvalue weighted by atomic mass is 10.5. The Labute approximate surface area is 84.3 Å². The highest BCUT2D eigenvalue weighted by Crippen LogP contribution is 2.24. The minimum atomic E-state index is -0.587. The van der Waals surface area contributed by atoms with Gasteiger partial charge in [0, 0.05) is 19.2 Å². The summed E-state index contributed by atoms with van der Waals surface area (Å²) < 4.78 is 0. The predicted octanol–water partition coefficient (Wildman–Crippen LogP) is 2.25. The number of carbonyl (C=O) groups is 1. The first-order valence-electron chi connectivity index (χ1n) is 3.25. The molecule has 0 atom stereocenters. The predicted molar refractivity (Wildman–Crippen MR) is 46.7 cm³/mol. The van der Waals surface area contributed by atoms with Crippen LogP contribution < -0.4 is 4.89 Å². The zero-order valence-corrected chi connectivity index (χ0v) is 8.09. The maximum atomic E-state index is 10.4. The summed E-state index contributed by atoms with van der Waals surface area (Å²) in [6.07, 6.45) is 1.35. The molecule has 0 N–H and O–H groups in total. The summed E-state index contributed by atoms with van der Waals surface area (Å²) in [5, 5.41) is 0.414. The van der Waals surface area contributed by atoms with E-state index < -0.39 is 5.97 Å². The van der Waals surface area contributed by atoms with Crippen molar-refractivity contribution in [2.24, 2.45) is 0 Å². The van der Waals surface area contributed by atoms with E-state index in [1.807, 2.05) is 0 Å². The summed E-state index contributed by atoms with van der Waals surface area (Å²) in [5.41, 5.74) is 0. The van der Waals surface area contributed by atoms with Crippen LogP contribution >= 0.6 is 23.2 Å². The molecule has 6 heteroatoms. The van der Waals surface area contributed by atoms with Crippen molar-refractivity contribution >= 4 is 29.2 Å². The largest absolute Gasteiger partial charge is 0.352 e. The van der Waals surface area contributed by atoms with Gasteiger partial charge in [-0.3, -0.25) is 9.78 Å². The lowest BCUT2D eigenvalue weighted by molar-refractivity contribution is -0.210. The Balaban J connectivity index is 2.75. The van der Waals surface area contributed by atoms with Crippen LogP contribution in [0.25, 0.3) is 0 Å². The molecule has 0 bridgehead atoms. The third kappa shape index (κ3) is 3.08. The van der Waals surface area contributed by atoms with Gasteiger partial charge in [-0.25, -0.2) is 9.78 Å². The molecule has 0 fully saturated rings. The maximum Gasteiger partial charge on any atom is 0.352 e. The summed E-state index contributed by atoms with van der Waals surface area (Å²) in [4.78, 5) is 22.8. The maximum absolute atomic E-state index is 10.4. The second-order valence-corrected chi connectivity index (χ2v) is 2.90. The van der Waals surface area contributed by atoms with Gasteiger partial charge < -0.3 is 0 Å². The number of nitrogens with zero attached hydrogens (tertiary/aromatic N) is 1. The van der Waals surface area contributed by atoms with Crippen LogP contribution in [0.5, 0.6) is 5.75 Å². The molecule has 0 aromatic carbocycles. The highest BCUT2D eigenvalue weighted by atomic mass is 35.5. The Morgan fingerprint density at radius 1 is 1.54 bits per heavy atom. The Kier molecular flexibility index (Phi) is 3.33. The van der Waals surface area contributed by atoms with E-state index in [1.54, 1.807) is 0 Å². The van der Waals surface area contributed by atoms with Crippen LogP contribution in [0, 0.1) is 0 Å². The van der Waals surface area contributed by atoms with Crippen molar-refractivity contribution in [1.82, 2.24) is 4.98 Å². The average molecular weight is 222 g/mol. The van der Waals surface area contributed by atoms with Crippen molar-refractivity contribution in [2.75, 3.05) is 0 Å². The fraction of sp³-hybridized carbons (Fsp3) is 0.143. The van der Waals surface area contributed by atoms with E-state index in [-0.39, 0.29) is 10.9 Å². The molecule has 0 unspecified atom stereocenters. The zero-order valence-electron chi connectivity index (χ0n) is 6.58. The highest BCUT2D eigenvalue weighted by molar-refractivity contribution is 6.33. The van der Waals surface area contributed by atoms with E-state index in [4.69, 9.17) is 23.2 Å². The SMILES string of the molecule is CC(=O)OOc1cc(Cl)cnc1Cl. The number of hydrogen-bond donors (Lipinski definition) is 0. The van der Waals surface area contributed by atoms with Crippen molar-refractivity contribution in [2.45, 2.75) is 6.92 Å². The number of carbonyl (C=O) groups excluding carboxylic acids is 1. The molecule has 0 saturated carbocycles. The summed E-state index contributed by atoms with van der Waals surface area (Å²) in [5.74, 6) is -0.486. The van der Waals surface area contributed by atoms with Crippen LogP contribution in [0.2, 0.25) is 10.2 Å². The molecule has 1 heterocycles. The van der Waals surface area contributed by atoms with Crippen LogP contribution in [-0.2, 0) is 9.68 Å². The van der Waals surface area contributed by atoms with Gasteiger partial charge in [-0.05, 0) is 0 Å². The number of rotatable bonds is 2. The van der Waals surface area contributed by atoms with Gasteiger partial charge >= 0.3 is 5.97 Å². The third-order valence-electron chi connectivity index (χ3n) is 1.02. The Morgan fingerprint density at radius 3 is 2.85 bits per heavy atom. The summed E-state index contributed by atoms with van der Waals surface area (Å²) in [7, 11) is 0. The molecule has 0 amide bonds. The highest BCUT2D eigenvalue weighted by Gasteiger charge is 2.06. The first-order valence-corrected chi connectivity index (χ1v) is 4.01. The van der Waals surface area contributed by atoms with Crippen LogP contribution in [0.4, 0.5) is 0 Å². The molecule has 1 aromatic heterocycles. The van der Waals surface area contributed by atoms with E-state index in [9.17, 15) is 4.79 Å². The van der Waals surface area contributed by atoms with E-state index in [2.05, 4.69) is 14.8 Å². The minimum absolute atomic E-state index is 0.0747. The van der Waals surface area contributed by atoms with Crippen molar-refractivity contribution in [3.05, 3.63) is 22.4 Å². The van der Waals surface area contributed by atoms with Gasteiger partial charge in [0.2, 0.25) is 5.75 Å². The van der Waals surface area contributed by atoms with E-state index in [0.717, 1.165) is 0 Å². The van der Waals surface area contributed by atoms with Crippen molar-refractivity contribution in [3.8, 4) is 5.75 Å². The number of halogens is 2.